The lowest BCUT2D eigenvalue weighted by Gasteiger charge is -2.35. The SMILES string of the molecule is CC1CC(NC2(C(F)(F)F)CC2)CC(C)O1. The topological polar surface area (TPSA) is 21.3 Å². The van der Waals surface area contributed by atoms with Gasteiger partial charge in [-0.25, -0.2) is 0 Å². The first-order valence-electron chi connectivity index (χ1n) is 5.82. The van der Waals surface area contributed by atoms with Gasteiger partial charge in [-0.1, -0.05) is 0 Å². The van der Waals surface area contributed by atoms with E-state index in [-0.39, 0.29) is 31.1 Å². The van der Waals surface area contributed by atoms with Crippen molar-refractivity contribution in [2.45, 2.75) is 69.5 Å². The number of alkyl halides is 3. The smallest absolute Gasteiger partial charge is 0.375 e. The minimum atomic E-state index is -4.11. The maximum atomic E-state index is 12.8. The summed E-state index contributed by atoms with van der Waals surface area (Å²) in [7, 11) is 0. The minimum absolute atomic E-state index is 0.0466. The van der Waals surface area contributed by atoms with Gasteiger partial charge in [0.2, 0.25) is 0 Å². The van der Waals surface area contributed by atoms with Gasteiger partial charge in [0.1, 0.15) is 5.54 Å². The fourth-order valence-corrected chi connectivity index (χ4v) is 2.55. The first-order valence-corrected chi connectivity index (χ1v) is 5.82. The van der Waals surface area contributed by atoms with Gasteiger partial charge in [-0.05, 0) is 39.5 Å². The van der Waals surface area contributed by atoms with Crippen LogP contribution in [0.3, 0.4) is 0 Å². The Labute approximate surface area is 93.5 Å². The van der Waals surface area contributed by atoms with E-state index in [2.05, 4.69) is 5.32 Å². The lowest BCUT2D eigenvalue weighted by Crippen LogP contribution is -2.53. The molecule has 1 heterocycles. The summed E-state index contributed by atoms with van der Waals surface area (Å²) in [5.41, 5.74) is -1.59. The largest absolute Gasteiger partial charge is 0.406 e. The molecule has 0 aromatic rings. The second-order valence-corrected chi connectivity index (χ2v) is 5.15. The molecule has 1 saturated heterocycles. The Bertz CT molecular complexity index is 252. The monoisotopic (exact) mass is 237 g/mol. The van der Waals surface area contributed by atoms with Crippen molar-refractivity contribution in [3.63, 3.8) is 0 Å². The molecule has 2 nitrogen and oxygen atoms in total. The van der Waals surface area contributed by atoms with E-state index >= 15 is 0 Å². The first kappa shape index (κ1) is 12.2. The molecular weight excluding hydrogens is 219 g/mol. The Hall–Kier alpha value is -0.290. The molecular formula is C11H18F3NO. The summed E-state index contributed by atoms with van der Waals surface area (Å²) < 4.78 is 43.8. The molecule has 1 N–H and O–H groups in total. The zero-order valence-electron chi connectivity index (χ0n) is 9.60. The molecule has 0 spiro atoms. The van der Waals surface area contributed by atoms with Crippen molar-refractivity contribution in [2.75, 3.05) is 0 Å². The summed E-state index contributed by atoms with van der Waals surface area (Å²) in [4.78, 5) is 0. The standard InChI is InChI=1S/C11H18F3NO/c1-7-5-9(6-8(2)16-7)15-10(3-4-10)11(12,13)14/h7-9,15H,3-6H2,1-2H3. The van der Waals surface area contributed by atoms with E-state index in [1.807, 2.05) is 13.8 Å². The molecule has 5 heteroatoms. The molecule has 94 valence electrons. The van der Waals surface area contributed by atoms with Crippen LogP contribution in [0, 0.1) is 0 Å². The molecule has 0 amide bonds. The van der Waals surface area contributed by atoms with Crippen LogP contribution in [0.4, 0.5) is 13.2 Å². The zero-order valence-corrected chi connectivity index (χ0v) is 9.60. The highest BCUT2D eigenvalue weighted by molar-refractivity contribution is 5.09. The third-order valence-electron chi connectivity index (χ3n) is 3.47. The van der Waals surface area contributed by atoms with Crippen LogP contribution in [-0.4, -0.2) is 30.0 Å². The van der Waals surface area contributed by atoms with Gasteiger partial charge in [-0.15, -0.1) is 0 Å². The number of hydrogen-bond donors (Lipinski definition) is 1. The second-order valence-electron chi connectivity index (χ2n) is 5.15. The molecule has 0 aromatic carbocycles. The molecule has 2 unspecified atom stereocenters. The van der Waals surface area contributed by atoms with Gasteiger partial charge >= 0.3 is 6.18 Å². The predicted octanol–water partition coefficient (Wildman–Crippen LogP) is 2.63. The number of ether oxygens (including phenoxy) is 1. The van der Waals surface area contributed by atoms with Crippen molar-refractivity contribution < 1.29 is 17.9 Å². The van der Waals surface area contributed by atoms with Crippen molar-refractivity contribution in [2.24, 2.45) is 0 Å². The Kier molecular flexibility index (Phi) is 2.95. The van der Waals surface area contributed by atoms with Crippen molar-refractivity contribution in [3.05, 3.63) is 0 Å². The highest BCUT2D eigenvalue weighted by Gasteiger charge is 2.63. The van der Waals surface area contributed by atoms with Crippen molar-refractivity contribution in [3.8, 4) is 0 Å². The van der Waals surface area contributed by atoms with Crippen LogP contribution in [0.1, 0.15) is 39.5 Å². The van der Waals surface area contributed by atoms with Gasteiger partial charge in [0.15, 0.2) is 0 Å². The third kappa shape index (κ3) is 2.35. The lowest BCUT2D eigenvalue weighted by atomic mass is 9.98. The summed E-state index contributed by atoms with van der Waals surface area (Å²) in [5, 5.41) is 2.80. The van der Waals surface area contributed by atoms with E-state index in [0.717, 1.165) is 0 Å². The molecule has 2 fully saturated rings. The molecule has 1 aliphatic carbocycles. The van der Waals surface area contributed by atoms with Crippen molar-refractivity contribution >= 4 is 0 Å². The Morgan fingerprint density at radius 3 is 2.00 bits per heavy atom. The van der Waals surface area contributed by atoms with E-state index in [0.29, 0.717) is 12.8 Å². The second kappa shape index (κ2) is 3.88. The molecule has 0 aromatic heterocycles. The third-order valence-corrected chi connectivity index (χ3v) is 3.47. The van der Waals surface area contributed by atoms with Crippen molar-refractivity contribution in [1.29, 1.82) is 0 Å². The average molecular weight is 237 g/mol. The Balaban J connectivity index is 1.95. The Morgan fingerprint density at radius 1 is 1.12 bits per heavy atom. The summed E-state index contributed by atoms with van der Waals surface area (Å²) >= 11 is 0. The van der Waals surface area contributed by atoms with Crippen molar-refractivity contribution in [1.82, 2.24) is 5.32 Å². The van der Waals surface area contributed by atoms with E-state index in [1.165, 1.54) is 0 Å². The fourth-order valence-electron chi connectivity index (χ4n) is 2.55. The Morgan fingerprint density at radius 2 is 1.62 bits per heavy atom. The van der Waals surface area contributed by atoms with E-state index in [4.69, 9.17) is 4.74 Å². The average Bonchev–Trinajstić information content (AvgIpc) is 2.81. The molecule has 0 bridgehead atoms. The maximum absolute atomic E-state index is 12.8. The van der Waals surface area contributed by atoms with Crippen LogP contribution in [0.2, 0.25) is 0 Å². The van der Waals surface area contributed by atoms with E-state index in [9.17, 15) is 13.2 Å². The molecule has 0 radical (unpaired) electrons. The summed E-state index contributed by atoms with van der Waals surface area (Å²) in [6.07, 6.45) is -2.24. The maximum Gasteiger partial charge on any atom is 0.406 e. The van der Waals surface area contributed by atoms with Crippen LogP contribution >= 0.6 is 0 Å². The van der Waals surface area contributed by atoms with Gasteiger partial charge in [0, 0.05) is 6.04 Å². The van der Waals surface area contributed by atoms with Crippen LogP contribution < -0.4 is 5.32 Å². The van der Waals surface area contributed by atoms with Gasteiger partial charge < -0.3 is 10.1 Å². The van der Waals surface area contributed by atoms with Gasteiger partial charge in [0.05, 0.1) is 12.2 Å². The van der Waals surface area contributed by atoms with Crippen LogP contribution in [-0.2, 0) is 4.74 Å². The summed E-state index contributed by atoms with van der Waals surface area (Å²) in [5.74, 6) is 0. The van der Waals surface area contributed by atoms with Crippen LogP contribution in [0.5, 0.6) is 0 Å². The highest BCUT2D eigenvalue weighted by atomic mass is 19.4. The van der Waals surface area contributed by atoms with E-state index in [1.54, 1.807) is 0 Å². The number of nitrogens with one attached hydrogen (secondary N) is 1. The normalized spacial score (nSPS) is 38.4. The van der Waals surface area contributed by atoms with Gasteiger partial charge in [-0.3, -0.25) is 0 Å². The summed E-state index contributed by atoms with van der Waals surface area (Å²) in [6.45, 7) is 3.83. The molecule has 2 atom stereocenters. The molecule has 1 aliphatic heterocycles. The highest BCUT2D eigenvalue weighted by Crippen LogP contribution is 2.49. The molecule has 2 aliphatic rings. The van der Waals surface area contributed by atoms with Gasteiger partial charge in [0.25, 0.3) is 0 Å². The minimum Gasteiger partial charge on any atom is -0.375 e. The number of halogens is 3. The lowest BCUT2D eigenvalue weighted by molar-refractivity contribution is -0.171. The van der Waals surface area contributed by atoms with Crippen LogP contribution in [0.15, 0.2) is 0 Å². The summed E-state index contributed by atoms with van der Waals surface area (Å²) in [6, 6.07) is -0.0668. The number of rotatable bonds is 2. The predicted molar refractivity (Wildman–Crippen MR) is 54.2 cm³/mol. The van der Waals surface area contributed by atoms with E-state index < -0.39 is 11.7 Å². The zero-order chi connectivity index (χ0) is 12.0. The fraction of sp³-hybridized carbons (Fsp3) is 1.00. The molecule has 1 saturated carbocycles. The number of hydrogen-bond acceptors (Lipinski definition) is 2. The van der Waals surface area contributed by atoms with Gasteiger partial charge in [-0.2, -0.15) is 13.2 Å². The molecule has 16 heavy (non-hydrogen) atoms. The quantitative estimate of drug-likeness (QED) is 0.797. The van der Waals surface area contributed by atoms with Crippen LogP contribution in [0.25, 0.3) is 0 Å². The first-order chi connectivity index (χ1) is 7.32. The molecule has 2 rings (SSSR count).